The van der Waals surface area contributed by atoms with Crippen molar-refractivity contribution >= 4 is 22.6 Å². The van der Waals surface area contributed by atoms with Gasteiger partial charge >= 0.3 is 0 Å². The summed E-state index contributed by atoms with van der Waals surface area (Å²) < 4.78 is 7.57. The molecule has 1 aromatic heterocycles. The lowest BCUT2D eigenvalue weighted by molar-refractivity contribution is 0.151. The molecule has 0 saturated heterocycles. The van der Waals surface area contributed by atoms with Crippen molar-refractivity contribution in [3.63, 3.8) is 0 Å². The molecular formula is C16H20ClN3O. The Morgan fingerprint density at radius 3 is 2.90 bits per heavy atom. The van der Waals surface area contributed by atoms with E-state index in [4.69, 9.17) is 16.3 Å². The van der Waals surface area contributed by atoms with Gasteiger partial charge in [0.2, 0.25) is 0 Å². The first-order valence-corrected chi connectivity index (χ1v) is 7.75. The molecular weight excluding hydrogens is 286 g/mol. The number of fused-ring (bicyclic) bond motifs is 1. The average molecular weight is 306 g/mol. The zero-order chi connectivity index (χ0) is 15.2. The number of benzene rings is 1. The summed E-state index contributed by atoms with van der Waals surface area (Å²) in [5.74, 6) is 1.44. The summed E-state index contributed by atoms with van der Waals surface area (Å²) in [7, 11) is 1.71. The van der Waals surface area contributed by atoms with E-state index in [1.54, 1.807) is 13.2 Å². The van der Waals surface area contributed by atoms with Crippen LogP contribution in [0.15, 0.2) is 18.2 Å². The van der Waals surface area contributed by atoms with Crippen LogP contribution < -0.4 is 0 Å². The van der Waals surface area contributed by atoms with Crippen molar-refractivity contribution in [3.05, 3.63) is 29.6 Å². The lowest BCUT2D eigenvalue weighted by atomic mass is 10.1. The number of nitrogens with zero attached hydrogens (tertiary/aromatic N) is 3. The van der Waals surface area contributed by atoms with Gasteiger partial charge in [0.1, 0.15) is 17.4 Å². The van der Waals surface area contributed by atoms with E-state index in [1.807, 2.05) is 12.1 Å². The molecule has 0 bridgehead atoms. The monoisotopic (exact) mass is 305 g/mol. The first-order valence-electron chi connectivity index (χ1n) is 7.21. The second-order valence-corrected chi connectivity index (χ2v) is 5.40. The van der Waals surface area contributed by atoms with Gasteiger partial charge in [0, 0.05) is 19.4 Å². The smallest absolute Gasteiger partial charge is 0.111 e. The number of aromatic nitrogens is 2. The number of ether oxygens (including phenoxy) is 1. The highest BCUT2D eigenvalue weighted by Gasteiger charge is 2.19. The number of alkyl halides is 1. The molecule has 0 aliphatic heterocycles. The molecule has 0 aliphatic carbocycles. The van der Waals surface area contributed by atoms with Crippen LogP contribution in [0.1, 0.15) is 37.2 Å². The van der Waals surface area contributed by atoms with Crippen LogP contribution in [0.4, 0.5) is 0 Å². The number of aryl methyl sites for hydroxylation is 1. The normalized spacial score (nSPS) is 12.5. The van der Waals surface area contributed by atoms with Gasteiger partial charge in [-0.3, -0.25) is 0 Å². The number of methoxy groups -OCH3 is 1. The molecule has 1 heterocycles. The Bertz CT molecular complexity index is 639. The van der Waals surface area contributed by atoms with Crippen molar-refractivity contribution in [3.8, 4) is 6.07 Å². The molecule has 0 saturated carbocycles. The summed E-state index contributed by atoms with van der Waals surface area (Å²) in [4.78, 5) is 4.66. The average Bonchev–Trinajstić information content (AvgIpc) is 2.85. The second-order valence-electron chi connectivity index (χ2n) is 5.02. The Labute approximate surface area is 130 Å². The maximum Gasteiger partial charge on any atom is 0.111 e. The minimum absolute atomic E-state index is 0.220. The number of halogens is 1. The molecule has 4 nitrogen and oxygen atoms in total. The molecule has 0 aliphatic rings. The largest absolute Gasteiger partial charge is 0.383 e. The van der Waals surface area contributed by atoms with E-state index in [0.717, 1.165) is 29.7 Å². The van der Waals surface area contributed by atoms with Crippen molar-refractivity contribution < 1.29 is 4.74 Å². The molecule has 0 N–H and O–H groups in total. The van der Waals surface area contributed by atoms with E-state index in [-0.39, 0.29) is 6.04 Å². The highest BCUT2D eigenvalue weighted by Crippen LogP contribution is 2.27. The predicted molar refractivity (Wildman–Crippen MR) is 84.7 cm³/mol. The summed E-state index contributed by atoms with van der Waals surface area (Å²) in [6.45, 7) is 2.79. The van der Waals surface area contributed by atoms with E-state index in [1.165, 1.54) is 0 Å². The molecule has 2 rings (SSSR count). The Morgan fingerprint density at radius 1 is 1.48 bits per heavy atom. The van der Waals surface area contributed by atoms with E-state index in [2.05, 4.69) is 22.5 Å². The van der Waals surface area contributed by atoms with Gasteiger partial charge in [-0.15, -0.1) is 11.6 Å². The summed E-state index contributed by atoms with van der Waals surface area (Å²) in [6, 6.07) is 8.15. The van der Waals surface area contributed by atoms with Gasteiger partial charge in [0.05, 0.1) is 23.7 Å². The first-order chi connectivity index (χ1) is 10.3. The molecule has 5 heteroatoms. The van der Waals surface area contributed by atoms with Crippen molar-refractivity contribution in [2.45, 2.75) is 32.2 Å². The number of para-hydroxylation sites is 1. The standard InChI is InChI=1S/C16H20ClN3O/c1-3-5-13(11-21-2)20-14-7-4-6-12(10-18)16(14)19-15(20)8-9-17/h4,6-7,13H,3,5,8-9,11H2,1-2H3. The Kier molecular flexibility index (Phi) is 5.60. The fourth-order valence-corrected chi connectivity index (χ4v) is 2.91. The predicted octanol–water partition coefficient (Wildman–Crippen LogP) is 3.68. The minimum Gasteiger partial charge on any atom is -0.383 e. The van der Waals surface area contributed by atoms with Gasteiger partial charge in [-0.1, -0.05) is 19.4 Å². The van der Waals surface area contributed by atoms with Crippen LogP contribution in [0.2, 0.25) is 0 Å². The van der Waals surface area contributed by atoms with Crippen molar-refractivity contribution in [1.29, 1.82) is 5.26 Å². The molecule has 2 aromatic rings. The number of hydrogen-bond donors (Lipinski definition) is 0. The molecule has 1 aromatic carbocycles. The molecule has 0 amide bonds. The van der Waals surface area contributed by atoms with Crippen molar-refractivity contribution in [2.24, 2.45) is 0 Å². The third-order valence-electron chi connectivity index (χ3n) is 3.58. The third-order valence-corrected chi connectivity index (χ3v) is 3.77. The summed E-state index contributed by atoms with van der Waals surface area (Å²) in [5, 5.41) is 9.26. The van der Waals surface area contributed by atoms with Crippen LogP contribution in [-0.4, -0.2) is 29.1 Å². The number of hydrogen-bond acceptors (Lipinski definition) is 3. The molecule has 1 unspecified atom stereocenters. The molecule has 0 radical (unpaired) electrons. The lowest BCUT2D eigenvalue weighted by Gasteiger charge is -2.20. The van der Waals surface area contributed by atoms with Crippen LogP contribution in [-0.2, 0) is 11.2 Å². The Balaban J connectivity index is 2.63. The fraction of sp³-hybridized carbons (Fsp3) is 0.500. The first kappa shape index (κ1) is 15.8. The van der Waals surface area contributed by atoms with Crippen molar-refractivity contribution in [2.75, 3.05) is 19.6 Å². The van der Waals surface area contributed by atoms with E-state index in [9.17, 15) is 5.26 Å². The van der Waals surface area contributed by atoms with E-state index in [0.29, 0.717) is 24.5 Å². The van der Waals surface area contributed by atoms with Gasteiger partial charge in [0.15, 0.2) is 0 Å². The maximum absolute atomic E-state index is 9.26. The maximum atomic E-state index is 9.26. The summed E-state index contributed by atoms with van der Waals surface area (Å²) >= 11 is 5.92. The molecule has 0 spiro atoms. The zero-order valence-electron chi connectivity index (χ0n) is 12.5. The fourth-order valence-electron chi connectivity index (χ4n) is 2.74. The zero-order valence-corrected chi connectivity index (χ0v) is 13.2. The van der Waals surface area contributed by atoms with Crippen LogP contribution in [0.5, 0.6) is 0 Å². The number of rotatable bonds is 7. The van der Waals surface area contributed by atoms with Gasteiger partial charge in [-0.25, -0.2) is 4.98 Å². The molecule has 112 valence electrons. The number of imidazole rings is 1. The van der Waals surface area contributed by atoms with Gasteiger partial charge < -0.3 is 9.30 Å². The quantitative estimate of drug-likeness (QED) is 0.733. The Hall–Kier alpha value is -1.57. The molecule has 1 atom stereocenters. The number of nitriles is 1. The summed E-state index contributed by atoms with van der Waals surface area (Å²) in [6.07, 6.45) is 2.75. The highest BCUT2D eigenvalue weighted by atomic mass is 35.5. The van der Waals surface area contributed by atoms with E-state index >= 15 is 0 Å². The van der Waals surface area contributed by atoms with Crippen LogP contribution in [0.25, 0.3) is 11.0 Å². The van der Waals surface area contributed by atoms with Crippen LogP contribution in [0, 0.1) is 11.3 Å². The topological polar surface area (TPSA) is 50.8 Å². The molecule has 21 heavy (non-hydrogen) atoms. The van der Waals surface area contributed by atoms with E-state index < -0.39 is 0 Å². The van der Waals surface area contributed by atoms with Crippen molar-refractivity contribution in [1.82, 2.24) is 9.55 Å². The SMILES string of the molecule is CCCC(COC)n1c(CCCl)nc2c(C#N)cccc21. The Morgan fingerprint density at radius 2 is 2.29 bits per heavy atom. The van der Waals surface area contributed by atoms with Crippen LogP contribution >= 0.6 is 11.6 Å². The minimum atomic E-state index is 0.220. The van der Waals surface area contributed by atoms with Gasteiger partial charge in [-0.2, -0.15) is 5.26 Å². The van der Waals surface area contributed by atoms with Gasteiger partial charge in [0.25, 0.3) is 0 Å². The summed E-state index contributed by atoms with van der Waals surface area (Å²) in [5.41, 5.74) is 2.36. The van der Waals surface area contributed by atoms with Crippen LogP contribution in [0.3, 0.4) is 0 Å². The lowest BCUT2D eigenvalue weighted by Crippen LogP contribution is -2.17. The second kappa shape index (κ2) is 7.44. The van der Waals surface area contributed by atoms with Gasteiger partial charge in [-0.05, 0) is 18.6 Å². The molecule has 0 fully saturated rings. The highest BCUT2D eigenvalue weighted by molar-refractivity contribution is 6.17. The third kappa shape index (κ3) is 3.20.